The molecular formula is C13H12N2O2. The quantitative estimate of drug-likeness (QED) is 0.725. The molecule has 0 saturated heterocycles. The van der Waals surface area contributed by atoms with Crippen LogP contribution >= 0.6 is 0 Å². The molecular weight excluding hydrogens is 216 g/mol. The summed E-state index contributed by atoms with van der Waals surface area (Å²) in [7, 11) is 0. The van der Waals surface area contributed by atoms with Crippen molar-refractivity contribution in [3.63, 3.8) is 0 Å². The summed E-state index contributed by atoms with van der Waals surface area (Å²) in [6, 6.07) is 11.5. The molecule has 4 heteroatoms. The molecule has 86 valence electrons. The summed E-state index contributed by atoms with van der Waals surface area (Å²) in [5, 5.41) is 25.8. The maximum atomic E-state index is 8.79. The average molecular weight is 228 g/mol. The fourth-order valence-corrected chi connectivity index (χ4v) is 1.04. The third-order valence-electron chi connectivity index (χ3n) is 1.87. The number of benzene rings is 1. The van der Waals surface area contributed by atoms with Crippen molar-refractivity contribution >= 4 is 0 Å². The molecule has 0 amide bonds. The maximum Gasteiger partial charge on any atom is 0.133 e. The van der Waals surface area contributed by atoms with Gasteiger partial charge in [-0.25, -0.2) is 0 Å². The van der Waals surface area contributed by atoms with Crippen molar-refractivity contribution < 1.29 is 10.2 Å². The van der Waals surface area contributed by atoms with E-state index >= 15 is 0 Å². The lowest BCUT2D eigenvalue weighted by Crippen LogP contribution is -1.75. The summed E-state index contributed by atoms with van der Waals surface area (Å²) in [5.74, 6) is 0.352. The first kappa shape index (κ1) is 12.5. The molecule has 0 atom stereocenters. The molecule has 0 radical (unpaired) electrons. The molecule has 0 aliphatic heterocycles. The molecule has 0 unspecified atom stereocenters. The lowest BCUT2D eigenvalue weighted by Gasteiger charge is -1.88. The number of pyridine rings is 1. The van der Waals surface area contributed by atoms with Gasteiger partial charge in [-0.2, -0.15) is 5.26 Å². The summed E-state index contributed by atoms with van der Waals surface area (Å²) in [6.07, 6.45) is 1.43. The highest BCUT2D eigenvalue weighted by molar-refractivity contribution is 5.35. The van der Waals surface area contributed by atoms with Crippen LogP contribution < -0.4 is 0 Å². The van der Waals surface area contributed by atoms with Crippen molar-refractivity contribution in [3.05, 3.63) is 53.9 Å². The highest BCUT2D eigenvalue weighted by Gasteiger charge is 1.88. The molecule has 17 heavy (non-hydrogen) atoms. The Kier molecular flexibility index (Phi) is 4.52. The van der Waals surface area contributed by atoms with Gasteiger partial charge in [-0.1, -0.05) is 6.07 Å². The molecule has 0 aliphatic rings. The van der Waals surface area contributed by atoms with Crippen LogP contribution in [0, 0.1) is 18.3 Å². The van der Waals surface area contributed by atoms with Gasteiger partial charge < -0.3 is 10.2 Å². The van der Waals surface area contributed by atoms with Gasteiger partial charge in [0, 0.05) is 5.69 Å². The van der Waals surface area contributed by atoms with E-state index in [4.69, 9.17) is 15.5 Å². The molecule has 1 heterocycles. The van der Waals surface area contributed by atoms with Crippen LogP contribution in [0.15, 0.2) is 42.6 Å². The zero-order valence-electron chi connectivity index (χ0n) is 9.33. The first-order valence-electron chi connectivity index (χ1n) is 4.92. The Morgan fingerprint density at radius 3 is 2.29 bits per heavy atom. The second kappa shape index (κ2) is 6.13. The van der Waals surface area contributed by atoms with E-state index < -0.39 is 0 Å². The number of hydrogen-bond donors (Lipinski definition) is 2. The third-order valence-corrected chi connectivity index (χ3v) is 1.87. The number of aromatic nitrogens is 1. The summed E-state index contributed by atoms with van der Waals surface area (Å²) < 4.78 is 0. The van der Waals surface area contributed by atoms with E-state index in [0.717, 1.165) is 5.69 Å². The van der Waals surface area contributed by atoms with Crippen LogP contribution in [0.1, 0.15) is 11.3 Å². The Bertz CT molecular complexity index is 495. The van der Waals surface area contributed by atoms with Crippen LogP contribution in [0.5, 0.6) is 11.5 Å². The highest BCUT2D eigenvalue weighted by atomic mass is 16.3. The van der Waals surface area contributed by atoms with Gasteiger partial charge in [0.2, 0.25) is 0 Å². The van der Waals surface area contributed by atoms with Crippen molar-refractivity contribution in [2.45, 2.75) is 6.92 Å². The van der Waals surface area contributed by atoms with E-state index in [1.54, 1.807) is 24.3 Å². The van der Waals surface area contributed by atoms with Gasteiger partial charge in [0.15, 0.2) is 0 Å². The largest absolute Gasteiger partial charge is 0.508 e. The molecule has 4 nitrogen and oxygen atoms in total. The van der Waals surface area contributed by atoms with Gasteiger partial charge in [-0.3, -0.25) is 4.98 Å². The van der Waals surface area contributed by atoms with E-state index in [1.807, 2.05) is 13.0 Å². The number of rotatable bonds is 0. The fraction of sp³-hybridized carbons (Fsp3) is 0.0769. The number of aromatic hydroxyl groups is 2. The van der Waals surface area contributed by atoms with Gasteiger partial charge >= 0.3 is 0 Å². The number of hydrogen-bond acceptors (Lipinski definition) is 4. The van der Waals surface area contributed by atoms with Crippen LogP contribution in [0.3, 0.4) is 0 Å². The molecule has 0 spiro atoms. The van der Waals surface area contributed by atoms with Crippen LogP contribution in [0.25, 0.3) is 0 Å². The van der Waals surface area contributed by atoms with Gasteiger partial charge in [-0.15, -0.1) is 0 Å². The molecule has 0 bridgehead atoms. The van der Waals surface area contributed by atoms with Crippen molar-refractivity contribution in [1.82, 2.24) is 4.98 Å². The van der Waals surface area contributed by atoms with Crippen molar-refractivity contribution in [2.75, 3.05) is 0 Å². The van der Waals surface area contributed by atoms with Crippen molar-refractivity contribution in [2.24, 2.45) is 0 Å². The maximum absolute atomic E-state index is 8.79. The lowest BCUT2D eigenvalue weighted by atomic mass is 10.2. The van der Waals surface area contributed by atoms with E-state index in [2.05, 4.69) is 4.98 Å². The third kappa shape index (κ3) is 4.67. The fourth-order valence-electron chi connectivity index (χ4n) is 1.04. The van der Waals surface area contributed by atoms with Crippen molar-refractivity contribution in [3.8, 4) is 17.6 Å². The Hall–Kier alpha value is -2.54. The van der Waals surface area contributed by atoms with Crippen LogP contribution in [-0.2, 0) is 0 Å². The summed E-state index contributed by atoms with van der Waals surface area (Å²) >= 11 is 0. The first-order valence-corrected chi connectivity index (χ1v) is 4.92. The second-order valence-electron chi connectivity index (χ2n) is 3.32. The summed E-state index contributed by atoms with van der Waals surface area (Å²) in [6.45, 7) is 1.87. The smallest absolute Gasteiger partial charge is 0.133 e. The van der Waals surface area contributed by atoms with E-state index in [1.165, 1.54) is 18.3 Å². The minimum absolute atomic E-state index is 0.133. The van der Waals surface area contributed by atoms with Gasteiger partial charge in [0.1, 0.15) is 11.5 Å². The normalized spacial score (nSPS) is 8.71. The van der Waals surface area contributed by atoms with E-state index in [9.17, 15) is 0 Å². The lowest BCUT2D eigenvalue weighted by molar-refractivity contribution is 0.472. The number of nitriles is 1. The van der Waals surface area contributed by atoms with E-state index in [-0.39, 0.29) is 11.5 Å². The van der Waals surface area contributed by atoms with Crippen LogP contribution in [0.2, 0.25) is 0 Å². The second-order valence-corrected chi connectivity index (χ2v) is 3.32. The van der Waals surface area contributed by atoms with Crippen LogP contribution in [-0.4, -0.2) is 15.2 Å². The SMILES string of the molecule is Cc1ccc(O)cn1.N#Cc1cccc(O)c1. The Balaban J connectivity index is 0.000000171. The zero-order chi connectivity index (χ0) is 12.7. The van der Waals surface area contributed by atoms with Gasteiger partial charge in [0.25, 0.3) is 0 Å². The predicted octanol–water partition coefficient (Wildman–Crippen LogP) is 2.36. The molecule has 1 aromatic heterocycles. The Morgan fingerprint density at radius 1 is 1.12 bits per heavy atom. The van der Waals surface area contributed by atoms with Crippen molar-refractivity contribution in [1.29, 1.82) is 5.26 Å². The molecule has 0 saturated carbocycles. The van der Waals surface area contributed by atoms with Crippen LogP contribution in [0.4, 0.5) is 0 Å². The first-order chi connectivity index (χ1) is 8.11. The molecule has 2 rings (SSSR count). The molecule has 2 aromatic rings. The standard InChI is InChI=1S/C7H5NO.C6H7NO/c8-5-6-2-1-3-7(9)4-6;1-5-2-3-6(8)4-7-5/h1-4,9H;2-4,8H,1H3. The minimum Gasteiger partial charge on any atom is -0.508 e. The van der Waals surface area contributed by atoms with E-state index in [0.29, 0.717) is 5.56 Å². The zero-order valence-corrected chi connectivity index (χ0v) is 9.33. The molecule has 0 aliphatic carbocycles. The molecule has 0 fully saturated rings. The number of phenolic OH excluding ortho intramolecular Hbond substituents is 1. The number of phenols is 1. The number of nitrogens with zero attached hydrogens (tertiary/aromatic N) is 2. The monoisotopic (exact) mass is 228 g/mol. The summed E-state index contributed by atoms with van der Waals surface area (Å²) in [5.41, 5.74) is 1.40. The molecule has 1 aromatic carbocycles. The predicted molar refractivity (Wildman–Crippen MR) is 63.5 cm³/mol. The topological polar surface area (TPSA) is 77.1 Å². The highest BCUT2D eigenvalue weighted by Crippen LogP contribution is 2.08. The number of aryl methyl sites for hydroxylation is 1. The Labute approximate surface area is 99.4 Å². The molecule has 2 N–H and O–H groups in total. The minimum atomic E-state index is 0.133. The summed E-state index contributed by atoms with van der Waals surface area (Å²) in [4.78, 5) is 3.83. The van der Waals surface area contributed by atoms with Gasteiger partial charge in [-0.05, 0) is 37.3 Å². The average Bonchev–Trinajstić information content (AvgIpc) is 2.34. The van der Waals surface area contributed by atoms with Gasteiger partial charge in [0.05, 0.1) is 17.8 Å². The Morgan fingerprint density at radius 2 is 1.88 bits per heavy atom.